The first-order valence-electron chi connectivity index (χ1n) is 8.59. The Labute approximate surface area is 131 Å². The number of nitrogens with zero attached hydrogens (tertiary/aromatic N) is 1. The molecular formula is C17H35N3O. The van der Waals surface area contributed by atoms with Gasteiger partial charge in [0.1, 0.15) is 0 Å². The molecule has 0 aromatic heterocycles. The van der Waals surface area contributed by atoms with E-state index in [9.17, 15) is 4.79 Å². The van der Waals surface area contributed by atoms with Gasteiger partial charge in [-0.25, -0.2) is 0 Å². The van der Waals surface area contributed by atoms with E-state index in [0.29, 0.717) is 13.0 Å². The Hall–Kier alpha value is -0.870. The highest BCUT2D eigenvalue weighted by atomic mass is 16.1. The van der Waals surface area contributed by atoms with Gasteiger partial charge in [0.25, 0.3) is 0 Å². The van der Waals surface area contributed by atoms with Crippen molar-refractivity contribution in [3.8, 4) is 0 Å². The van der Waals surface area contributed by atoms with Crippen LogP contribution < -0.4 is 10.6 Å². The molecule has 0 aliphatic carbocycles. The van der Waals surface area contributed by atoms with Crippen LogP contribution in [-0.2, 0) is 4.79 Å². The van der Waals surface area contributed by atoms with E-state index in [2.05, 4.69) is 42.4 Å². The number of nitrogens with one attached hydrogen (secondary N) is 2. The molecule has 0 heterocycles. The van der Waals surface area contributed by atoms with E-state index >= 15 is 0 Å². The van der Waals surface area contributed by atoms with Gasteiger partial charge >= 0.3 is 0 Å². The minimum Gasteiger partial charge on any atom is -0.355 e. The molecule has 0 saturated carbocycles. The highest BCUT2D eigenvalue weighted by molar-refractivity contribution is 5.77. The molecule has 0 radical (unpaired) electrons. The van der Waals surface area contributed by atoms with Gasteiger partial charge in [-0.1, -0.05) is 45.8 Å². The summed E-state index contributed by atoms with van der Waals surface area (Å²) in [4.78, 5) is 14.0. The largest absolute Gasteiger partial charge is 0.355 e. The summed E-state index contributed by atoms with van der Waals surface area (Å²) in [6.07, 6.45) is 9.45. The molecule has 0 fully saturated rings. The van der Waals surface area contributed by atoms with E-state index in [-0.39, 0.29) is 5.91 Å². The number of hydrogen-bond acceptors (Lipinski definition) is 3. The summed E-state index contributed by atoms with van der Waals surface area (Å²) in [6, 6.07) is 0. The quantitative estimate of drug-likeness (QED) is 0.382. The lowest BCUT2D eigenvalue weighted by atomic mass is 10.2. The first kappa shape index (κ1) is 20.1. The summed E-state index contributed by atoms with van der Waals surface area (Å²) < 4.78 is 0. The summed E-state index contributed by atoms with van der Waals surface area (Å²) in [5.41, 5.74) is 0. The van der Waals surface area contributed by atoms with E-state index in [1.165, 1.54) is 19.3 Å². The predicted octanol–water partition coefficient (Wildman–Crippen LogP) is 2.56. The predicted molar refractivity (Wildman–Crippen MR) is 91.6 cm³/mol. The summed E-state index contributed by atoms with van der Waals surface area (Å²) >= 11 is 0. The highest BCUT2D eigenvalue weighted by Crippen LogP contribution is 1.99. The van der Waals surface area contributed by atoms with Crippen LogP contribution in [-0.4, -0.2) is 50.1 Å². The van der Waals surface area contributed by atoms with Gasteiger partial charge in [0, 0.05) is 32.6 Å². The van der Waals surface area contributed by atoms with Gasteiger partial charge in [0.05, 0.1) is 0 Å². The van der Waals surface area contributed by atoms with E-state index in [1.54, 1.807) is 0 Å². The normalized spacial score (nSPS) is 11.4. The van der Waals surface area contributed by atoms with E-state index in [0.717, 1.165) is 39.1 Å². The average Bonchev–Trinajstić information content (AvgIpc) is 2.50. The number of hydrogen-bond donors (Lipinski definition) is 2. The van der Waals surface area contributed by atoms with Crippen molar-refractivity contribution in [2.75, 3.05) is 39.3 Å². The zero-order valence-corrected chi connectivity index (χ0v) is 14.3. The summed E-state index contributed by atoms with van der Waals surface area (Å²) in [6.45, 7) is 12.4. The van der Waals surface area contributed by atoms with Crippen molar-refractivity contribution in [3.05, 3.63) is 12.2 Å². The number of rotatable bonds is 14. The zero-order valence-electron chi connectivity index (χ0n) is 14.3. The fourth-order valence-corrected chi connectivity index (χ4v) is 2.08. The van der Waals surface area contributed by atoms with Crippen LogP contribution in [0, 0.1) is 0 Å². The molecular weight excluding hydrogens is 262 g/mol. The van der Waals surface area contributed by atoms with Crippen LogP contribution in [0.4, 0.5) is 0 Å². The molecule has 0 atom stereocenters. The van der Waals surface area contributed by atoms with E-state index in [1.807, 2.05) is 6.08 Å². The van der Waals surface area contributed by atoms with Crippen molar-refractivity contribution in [2.24, 2.45) is 0 Å². The van der Waals surface area contributed by atoms with Crippen molar-refractivity contribution in [2.45, 2.75) is 52.9 Å². The lowest BCUT2D eigenvalue weighted by Crippen LogP contribution is -2.36. The fraction of sp³-hybridized carbons (Fsp3) is 0.824. The third-order valence-corrected chi connectivity index (χ3v) is 3.57. The molecule has 0 aliphatic rings. The zero-order chi connectivity index (χ0) is 15.8. The number of carbonyl (C=O) groups excluding carboxylic acids is 1. The van der Waals surface area contributed by atoms with Gasteiger partial charge in [-0.15, -0.1) is 0 Å². The Morgan fingerprint density at radius 3 is 2.43 bits per heavy atom. The molecule has 0 aliphatic heterocycles. The number of likely N-dealkylation sites (N-methyl/N-ethyl adjacent to an activating group) is 1. The van der Waals surface area contributed by atoms with Crippen LogP contribution in [0.2, 0.25) is 0 Å². The minimum atomic E-state index is 0.118. The number of amides is 1. The number of unbranched alkanes of at least 4 members (excludes halogenated alkanes) is 3. The van der Waals surface area contributed by atoms with Crippen molar-refractivity contribution >= 4 is 5.91 Å². The van der Waals surface area contributed by atoms with Gasteiger partial charge in [0.15, 0.2) is 0 Å². The molecule has 4 heteroatoms. The summed E-state index contributed by atoms with van der Waals surface area (Å²) in [5.74, 6) is 0.118. The molecule has 4 nitrogen and oxygen atoms in total. The lowest BCUT2D eigenvalue weighted by molar-refractivity contribution is -0.120. The first-order valence-corrected chi connectivity index (χ1v) is 8.59. The molecule has 2 N–H and O–H groups in total. The Morgan fingerprint density at radius 2 is 1.76 bits per heavy atom. The van der Waals surface area contributed by atoms with Gasteiger partial charge in [-0.05, 0) is 25.9 Å². The van der Waals surface area contributed by atoms with Crippen molar-refractivity contribution in [1.29, 1.82) is 0 Å². The fourth-order valence-electron chi connectivity index (χ4n) is 2.08. The van der Waals surface area contributed by atoms with Crippen LogP contribution in [0.3, 0.4) is 0 Å². The van der Waals surface area contributed by atoms with Crippen molar-refractivity contribution in [1.82, 2.24) is 15.5 Å². The van der Waals surface area contributed by atoms with Gasteiger partial charge in [-0.2, -0.15) is 0 Å². The number of carbonyl (C=O) groups is 1. The smallest absolute Gasteiger partial charge is 0.223 e. The maximum absolute atomic E-state index is 11.6. The Morgan fingerprint density at radius 1 is 1.00 bits per heavy atom. The third-order valence-electron chi connectivity index (χ3n) is 3.57. The second-order valence-corrected chi connectivity index (χ2v) is 5.30. The summed E-state index contributed by atoms with van der Waals surface area (Å²) in [7, 11) is 0. The summed E-state index contributed by atoms with van der Waals surface area (Å²) in [5, 5.41) is 6.29. The maximum atomic E-state index is 11.6. The Kier molecular flexibility index (Phi) is 14.9. The van der Waals surface area contributed by atoms with Gasteiger partial charge in [0.2, 0.25) is 5.91 Å². The molecule has 0 aromatic carbocycles. The van der Waals surface area contributed by atoms with E-state index in [4.69, 9.17) is 0 Å². The molecule has 21 heavy (non-hydrogen) atoms. The molecule has 0 aromatic rings. The minimum absolute atomic E-state index is 0.118. The van der Waals surface area contributed by atoms with Crippen LogP contribution in [0.1, 0.15) is 52.9 Å². The Balaban J connectivity index is 3.37. The van der Waals surface area contributed by atoms with Crippen LogP contribution >= 0.6 is 0 Å². The van der Waals surface area contributed by atoms with Gasteiger partial charge < -0.3 is 15.5 Å². The second-order valence-electron chi connectivity index (χ2n) is 5.30. The maximum Gasteiger partial charge on any atom is 0.223 e. The topological polar surface area (TPSA) is 44.4 Å². The lowest BCUT2D eigenvalue weighted by Gasteiger charge is -2.17. The SMILES string of the molecule is CCCCC/C=C/CC(=O)NCCNCCN(CC)CC. The van der Waals surface area contributed by atoms with Crippen LogP contribution in [0.25, 0.3) is 0 Å². The van der Waals surface area contributed by atoms with Crippen molar-refractivity contribution in [3.63, 3.8) is 0 Å². The van der Waals surface area contributed by atoms with Crippen LogP contribution in [0.15, 0.2) is 12.2 Å². The Bertz CT molecular complexity index is 263. The molecule has 0 unspecified atom stereocenters. The van der Waals surface area contributed by atoms with Crippen LogP contribution in [0.5, 0.6) is 0 Å². The molecule has 0 bridgehead atoms. The number of allylic oxidation sites excluding steroid dienone is 1. The average molecular weight is 297 g/mol. The molecule has 0 rings (SSSR count). The standard InChI is InChI=1S/C17H35N3O/c1-4-7-8-9-10-11-12-17(21)19-14-13-18-15-16-20(5-2)6-3/h10-11,18H,4-9,12-16H2,1-3H3,(H,19,21)/b11-10+. The monoisotopic (exact) mass is 297 g/mol. The molecule has 0 saturated heterocycles. The third kappa shape index (κ3) is 13.9. The molecule has 0 spiro atoms. The molecule has 1 amide bonds. The highest BCUT2D eigenvalue weighted by Gasteiger charge is 1.98. The molecule has 124 valence electrons. The van der Waals surface area contributed by atoms with Crippen molar-refractivity contribution < 1.29 is 4.79 Å². The van der Waals surface area contributed by atoms with Gasteiger partial charge in [-0.3, -0.25) is 4.79 Å². The second kappa shape index (κ2) is 15.5. The van der Waals surface area contributed by atoms with E-state index < -0.39 is 0 Å². The first-order chi connectivity index (χ1) is 10.2.